The zero-order valence-electron chi connectivity index (χ0n) is 12.0. The van der Waals surface area contributed by atoms with Crippen LogP contribution in [-0.4, -0.2) is 61.7 Å². The summed E-state index contributed by atoms with van der Waals surface area (Å²) in [6, 6.07) is 6.70. The molecule has 1 fully saturated rings. The van der Waals surface area contributed by atoms with Gasteiger partial charge in [0.2, 0.25) is 6.29 Å². The first kappa shape index (κ1) is 16.0. The second-order valence-electron chi connectivity index (χ2n) is 4.87. The van der Waals surface area contributed by atoms with Gasteiger partial charge in [-0.2, -0.15) is 0 Å². The Labute approximate surface area is 123 Å². The lowest BCUT2D eigenvalue weighted by Gasteiger charge is -2.41. The van der Waals surface area contributed by atoms with Crippen LogP contribution in [0.2, 0.25) is 0 Å². The minimum Gasteiger partial charge on any atom is -0.462 e. The van der Waals surface area contributed by atoms with Gasteiger partial charge in [-0.25, -0.2) is 0 Å². The van der Waals surface area contributed by atoms with Crippen molar-refractivity contribution in [2.75, 3.05) is 26.6 Å². The number of rotatable bonds is 5. The number of hydrogen-bond donors (Lipinski definition) is 3. The highest BCUT2D eigenvalue weighted by Crippen LogP contribution is 2.26. The average Bonchev–Trinajstić information content (AvgIpc) is 2.47. The van der Waals surface area contributed by atoms with Crippen LogP contribution >= 0.6 is 0 Å². The second-order valence-corrected chi connectivity index (χ2v) is 4.87. The van der Waals surface area contributed by atoms with Crippen LogP contribution in [-0.2, 0) is 14.2 Å². The number of nitrogen functional groups attached to an aromatic ring is 1. The van der Waals surface area contributed by atoms with Gasteiger partial charge >= 0.3 is 0 Å². The van der Waals surface area contributed by atoms with Crippen LogP contribution in [0.3, 0.4) is 0 Å². The standard InChI is InChI=1S/C14H21NO6/c1-18-7-10-11(16)13(19-2)12(17)14(21-10)20-9-5-3-8(15)4-6-9/h3-6,10-14,16-17H,7,15H2,1-2H3/t10-,11+,12-,13+,14-/m1/s1. The van der Waals surface area contributed by atoms with Crippen molar-refractivity contribution in [3.63, 3.8) is 0 Å². The van der Waals surface area contributed by atoms with Gasteiger partial charge in [0.15, 0.2) is 0 Å². The molecule has 118 valence electrons. The van der Waals surface area contributed by atoms with Gasteiger partial charge in [-0.3, -0.25) is 0 Å². The molecule has 1 saturated heterocycles. The molecular weight excluding hydrogens is 278 g/mol. The van der Waals surface area contributed by atoms with Crippen LogP contribution in [0, 0.1) is 0 Å². The molecule has 1 aromatic carbocycles. The molecule has 0 bridgehead atoms. The fourth-order valence-electron chi connectivity index (χ4n) is 2.26. The molecule has 21 heavy (non-hydrogen) atoms. The minimum atomic E-state index is -1.13. The Balaban J connectivity index is 2.11. The number of ether oxygens (including phenoxy) is 4. The Bertz CT molecular complexity index is 440. The van der Waals surface area contributed by atoms with Crippen LogP contribution in [0.1, 0.15) is 0 Å². The number of anilines is 1. The van der Waals surface area contributed by atoms with Crippen molar-refractivity contribution in [2.45, 2.75) is 30.7 Å². The molecule has 1 aliphatic rings. The maximum atomic E-state index is 10.2. The van der Waals surface area contributed by atoms with E-state index in [2.05, 4.69) is 0 Å². The molecule has 5 atom stereocenters. The third-order valence-corrected chi connectivity index (χ3v) is 3.38. The molecule has 7 heteroatoms. The molecule has 0 spiro atoms. The average molecular weight is 299 g/mol. The molecule has 0 saturated carbocycles. The number of benzene rings is 1. The second kappa shape index (κ2) is 7.06. The molecule has 1 aliphatic heterocycles. The van der Waals surface area contributed by atoms with E-state index in [4.69, 9.17) is 24.7 Å². The third-order valence-electron chi connectivity index (χ3n) is 3.38. The summed E-state index contributed by atoms with van der Waals surface area (Å²) in [6.45, 7) is 0.162. The van der Waals surface area contributed by atoms with E-state index < -0.39 is 30.7 Å². The fourth-order valence-corrected chi connectivity index (χ4v) is 2.26. The van der Waals surface area contributed by atoms with Gasteiger partial charge < -0.3 is 34.9 Å². The number of hydrogen-bond acceptors (Lipinski definition) is 7. The molecule has 7 nitrogen and oxygen atoms in total. The first-order valence-corrected chi connectivity index (χ1v) is 6.62. The lowest BCUT2D eigenvalue weighted by molar-refractivity contribution is -0.283. The van der Waals surface area contributed by atoms with Crippen LogP contribution in [0.25, 0.3) is 0 Å². The van der Waals surface area contributed by atoms with Gasteiger partial charge in [-0.15, -0.1) is 0 Å². The molecule has 0 unspecified atom stereocenters. The molecule has 4 N–H and O–H groups in total. The Hall–Kier alpha value is -1.38. The van der Waals surface area contributed by atoms with Crippen molar-refractivity contribution < 1.29 is 29.2 Å². The quantitative estimate of drug-likeness (QED) is 0.644. The Morgan fingerprint density at radius 2 is 1.81 bits per heavy atom. The number of methoxy groups -OCH3 is 2. The summed E-state index contributed by atoms with van der Waals surface area (Å²) in [5.74, 6) is 0.496. The topological polar surface area (TPSA) is 103 Å². The fraction of sp³-hybridized carbons (Fsp3) is 0.571. The van der Waals surface area contributed by atoms with E-state index in [0.717, 1.165) is 0 Å². The number of aliphatic hydroxyl groups excluding tert-OH is 2. The van der Waals surface area contributed by atoms with Gasteiger partial charge in [0.1, 0.15) is 30.2 Å². The molecule has 1 aromatic rings. The van der Waals surface area contributed by atoms with E-state index in [0.29, 0.717) is 11.4 Å². The van der Waals surface area contributed by atoms with E-state index >= 15 is 0 Å². The first-order chi connectivity index (χ1) is 10.1. The summed E-state index contributed by atoms with van der Waals surface area (Å²) in [7, 11) is 2.91. The molecule has 0 aromatic heterocycles. The van der Waals surface area contributed by atoms with E-state index in [1.54, 1.807) is 24.3 Å². The Morgan fingerprint density at radius 1 is 1.14 bits per heavy atom. The monoisotopic (exact) mass is 299 g/mol. The molecular formula is C14H21NO6. The first-order valence-electron chi connectivity index (χ1n) is 6.62. The summed E-state index contributed by atoms with van der Waals surface area (Å²) in [5.41, 5.74) is 6.21. The summed E-state index contributed by atoms with van der Waals surface area (Å²) in [5, 5.41) is 20.3. The van der Waals surface area contributed by atoms with Crippen molar-refractivity contribution in [1.29, 1.82) is 0 Å². The highest BCUT2D eigenvalue weighted by Gasteiger charge is 2.46. The lowest BCUT2D eigenvalue weighted by Crippen LogP contribution is -2.60. The van der Waals surface area contributed by atoms with Crippen molar-refractivity contribution in [1.82, 2.24) is 0 Å². The number of nitrogens with two attached hydrogens (primary N) is 1. The number of aliphatic hydroxyl groups is 2. The summed E-state index contributed by atoms with van der Waals surface area (Å²) in [6.07, 6.45) is -4.58. The van der Waals surface area contributed by atoms with Gasteiger partial charge in [-0.1, -0.05) is 0 Å². The molecule has 0 amide bonds. The summed E-state index contributed by atoms with van der Waals surface area (Å²) < 4.78 is 21.3. The van der Waals surface area contributed by atoms with Gasteiger partial charge in [-0.05, 0) is 24.3 Å². The van der Waals surface area contributed by atoms with E-state index in [1.807, 2.05) is 0 Å². The Kier molecular flexibility index (Phi) is 5.38. The highest BCUT2D eigenvalue weighted by molar-refractivity contribution is 5.41. The predicted octanol–water partition coefficient (Wildman–Crippen LogP) is -0.244. The molecule has 0 radical (unpaired) electrons. The van der Waals surface area contributed by atoms with Crippen LogP contribution in [0.4, 0.5) is 5.69 Å². The summed E-state index contributed by atoms with van der Waals surface area (Å²) in [4.78, 5) is 0. The minimum absolute atomic E-state index is 0.162. The van der Waals surface area contributed by atoms with Crippen LogP contribution < -0.4 is 10.5 Å². The SMILES string of the molecule is COC[C@H]1O[C@@H](Oc2ccc(N)cc2)[C@H](O)[C@@H](OC)[C@H]1O. The maximum absolute atomic E-state index is 10.2. The van der Waals surface area contributed by atoms with Gasteiger partial charge in [0.25, 0.3) is 0 Å². The van der Waals surface area contributed by atoms with Crippen LogP contribution in [0.15, 0.2) is 24.3 Å². The largest absolute Gasteiger partial charge is 0.462 e. The van der Waals surface area contributed by atoms with E-state index in [1.165, 1.54) is 14.2 Å². The van der Waals surface area contributed by atoms with Crippen molar-refractivity contribution in [2.24, 2.45) is 0 Å². The lowest BCUT2D eigenvalue weighted by atomic mass is 9.99. The third kappa shape index (κ3) is 3.63. The van der Waals surface area contributed by atoms with Crippen molar-refractivity contribution in [3.8, 4) is 5.75 Å². The van der Waals surface area contributed by atoms with Gasteiger partial charge in [0.05, 0.1) is 6.61 Å². The van der Waals surface area contributed by atoms with Crippen LogP contribution in [0.5, 0.6) is 5.75 Å². The van der Waals surface area contributed by atoms with Crippen molar-refractivity contribution >= 4 is 5.69 Å². The zero-order chi connectivity index (χ0) is 15.4. The summed E-state index contributed by atoms with van der Waals surface area (Å²) >= 11 is 0. The van der Waals surface area contributed by atoms with E-state index in [-0.39, 0.29) is 6.61 Å². The highest BCUT2D eigenvalue weighted by atomic mass is 16.7. The van der Waals surface area contributed by atoms with Gasteiger partial charge in [0, 0.05) is 19.9 Å². The smallest absolute Gasteiger partial charge is 0.229 e. The molecule has 1 heterocycles. The Morgan fingerprint density at radius 3 is 2.38 bits per heavy atom. The van der Waals surface area contributed by atoms with Crippen molar-refractivity contribution in [3.05, 3.63) is 24.3 Å². The molecule has 0 aliphatic carbocycles. The normalized spacial score (nSPS) is 32.9. The molecule has 2 rings (SSSR count). The zero-order valence-corrected chi connectivity index (χ0v) is 12.0. The predicted molar refractivity (Wildman–Crippen MR) is 74.8 cm³/mol. The van der Waals surface area contributed by atoms with E-state index in [9.17, 15) is 10.2 Å². The maximum Gasteiger partial charge on any atom is 0.229 e.